The number of methoxy groups -OCH3 is 1. The topological polar surface area (TPSA) is 48.7 Å². The first-order valence-electron chi connectivity index (χ1n) is 11.3. The molecule has 0 amide bonds. The van der Waals surface area contributed by atoms with Crippen LogP contribution in [0.15, 0.2) is 18.2 Å². The Hall–Kier alpha value is -2.56. The number of fused-ring (bicyclic) bond motifs is 2. The van der Waals surface area contributed by atoms with Crippen LogP contribution in [0.3, 0.4) is 0 Å². The highest BCUT2D eigenvalue weighted by atomic mass is 16.5. The van der Waals surface area contributed by atoms with E-state index in [-0.39, 0.29) is 6.10 Å². The van der Waals surface area contributed by atoms with Crippen LogP contribution in [0.4, 0.5) is 0 Å². The molecular formula is C25H33N3O2. The Labute approximate surface area is 179 Å². The fourth-order valence-electron chi connectivity index (χ4n) is 4.64. The summed E-state index contributed by atoms with van der Waals surface area (Å²) in [5, 5.41) is 4.92. The van der Waals surface area contributed by atoms with E-state index in [4.69, 9.17) is 19.6 Å². The van der Waals surface area contributed by atoms with E-state index in [1.807, 2.05) is 10.6 Å². The van der Waals surface area contributed by atoms with E-state index in [1.165, 1.54) is 11.3 Å². The van der Waals surface area contributed by atoms with Crippen LogP contribution >= 0.6 is 0 Å². The fourth-order valence-corrected chi connectivity index (χ4v) is 4.64. The third kappa shape index (κ3) is 3.66. The monoisotopic (exact) mass is 407 g/mol. The molecule has 0 saturated carbocycles. The molecule has 1 aliphatic carbocycles. The molecule has 0 N–H and O–H groups in total. The zero-order chi connectivity index (χ0) is 21.3. The molecular weight excluding hydrogens is 374 g/mol. The summed E-state index contributed by atoms with van der Waals surface area (Å²) in [5.74, 6) is 1.78. The Morgan fingerprint density at radius 3 is 2.53 bits per heavy atom. The SMILES string of the molecule is CCCC(CCC)Oc1c2c(nc3c(-c4ccc(OC)cc4C)c(C)nn13)CCC2. The lowest BCUT2D eigenvalue weighted by atomic mass is 10.0. The van der Waals surface area contributed by atoms with Crippen molar-refractivity contribution in [3.8, 4) is 22.8 Å². The number of hydrogen-bond donors (Lipinski definition) is 0. The minimum Gasteiger partial charge on any atom is -0.497 e. The lowest BCUT2D eigenvalue weighted by molar-refractivity contribution is 0.165. The average Bonchev–Trinajstić information content (AvgIpc) is 3.32. The summed E-state index contributed by atoms with van der Waals surface area (Å²) in [6.07, 6.45) is 7.77. The van der Waals surface area contributed by atoms with Crippen molar-refractivity contribution in [3.05, 3.63) is 40.7 Å². The Kier molecular flexibility index (Phi) is 5.98. The third-order valence-electron chi connectivity index (χ3n) is 6.12. The summed E-state index contributed by atoms with van der Waals surface area (Å²) in [4.78, 5) is 5.09. The Morgan fingerprint density at radius 1 is 1.10 bits per heavy atom. The molecule has 0 radical (unpaired) electrons. The number of aromatic nitrogens is 3. The van der Waals surface area contributed by atoms with Gasteiger partial charge in [-0.15, -0.1) is 0 Å². The highest BCUT2D eigenvalue weighted by molar-refractivity contribution is 5.82. The van der Waals surface area contributed by atoms with Crippen molar-refractivity contribution in [3.63, 3.8) is 0 Å². The average molecular weight is 408 g/mol. The molecule has 0 spiro atoms. The Morgan fingerprint density at radius 2 is 1.87 bits per heavy atom. The first-order chi connectivity index (χ1) is 14.6. The van der Waals surface area contributed by atoms with Crippen molar-refractivity contribution in [1.82, 2.24) is 14.6 Å². The molecule has 0 atom stereocenters. The predicted molar refractivity (Wildman–Crippen MR) is 121 cm³/mol. The summed E-state index contributed by atoms with van der Waals surface area (Å²) < 4.78 is 14.0. The van der Waals surface area contributed by atoms with Crippen LogP contribution in [0.1, 0.15) is 68.5 Å². The summed E-state index contributed by atoms with van der Waals surface area (Å²) >= 11 is 0. The van der Waals surface area contributed by atoms with E-state index in [2.05, 4.69) is 39.8 Å². The number of rotatable bonds is 8. The quantitative estimate of drug-likeness (QED) is 0.469. The lowest BCUT2D eigenvalue weighted by Crippen LogP contribution is -2.19. The summed E-state index contributed by atoms with van der Waals surface area (Å²) in [7, 11) is 1.70. The molecule has 0 aliphatic heterocycles. The smallest absolute Gasteiger partial charge is 0.221 e. The van der Waals surface area contributed by atoms with Crippen LogP contribution in [-0.2, 0) is 12.8 Å². The second kappa shape index (κ2) is 8.66. The molecule has 160 valence electrons. The molecule has 3 aromatic rings. The van der Waals surface area contributed by atoms with Gasteiger partial charge in [-0.3, -0.25) is 0 Å². The van der Waals surface area contributed by atoms with Gasteiger partial charge in [0.05, 0.1) is 18.5 Å². The standard InChI is InChI=1S/C25H33N3O2/c1-6-9-18(10-7-2)30-25-21-11-8-12-22(21)26-24-23(17(4)27-28(24)25)20-14-13-19(29-5)15-16(20)3/h13-15,18H,6-12H2,1-5H3. The van der Waals surface area contributed by atoms with Gasteiger partial charge in [-0.25, -0.2) is 4.98 Å². The predicted octanol–water partition coefficient (Wildman–Crippen LogP) is 5.86. The molecule has 0 bridgehead atoms. The second-order valence-corrected chi connectivity index (χ2v) is 8.39. The van der Waals surface area contributed by atoms with Gasteiger partial charge in [-0.1, -0.05) is 32.8 Å². The number of ether oxygens (including phenoxy) is 2. The van der Waals surface area contributed by atoms with Crippen molar-refractivity contribution < 1.29 is 9.47 Å². The van der Waals surface area contributed by atoms with Gasteiger partial charge in [-0.2, -0.15) is 9.61 Å². The molecule has 1 aliphatic rings. The maximum absolute atomic E-state index is 6.66. The van der Waals surface area contributed by atoms with Crippen molar-refractivity contribution in [1.29, 1.82) is 0 Å². The van der Waals surface area contributed by atoms with Gasteiger partial charge in [0, 0.05) is 11.1 Å². The van der Waals surface area contributed by atoms with Gasteiger partial charge in [0.2, 0.25) is 5.88 Å². The van der Waals surface area contributed by atoms with E-state index in [0.29, 0.717) is 0 Å². The molecule has 2 aromatic heterocycles. The zero-order valence-electron chi connectivity index (χ0n) is 18.9. The largest absolute Gasteiger partial charge is 0.497 e. The van der Waals surface area contributed by atoms with Crippen molar-refractivity contribution in [2.24, 2.45) is 0 Å². The van der Waals surface area contributed by atoms with E-state index in [0.717, 1.165) is 84.6 Å². The normalized spacial score (nSPS) is 13.3. The molecule has 4 rings (SSSR count). The van der Waals surface area contributed by atoms with Crippen LogP contribution in [0.2, 0.25) is 0 Å². The number of hydrogen-bond acceptors (Lipinski definition) is 4. The van der Waals surface area contributed by atoms with Crippen molar-refractivity contribution >= 4 is 5.65 Å². The van der Waals surface area contributed by atoms with E-state index < -0.39 is 0 Å². The summed E-state index contributed by atoms with van der Waals surface area (Å²) in [6.45, 7) is 8.63. The van der Waals surface area contributed by atoms with Gasteiger partial charge < -0.3 is 9.47 Å². The number of aryl methyl sites for hydroxylation is 3. The van der Waals surface area contributed by atoms with E-state index in [9.17, 15) is 0 Å². The third-order valence-corrected chi connectivity index (χ3v) is 6.12. The van der Waals surface area contributed by atoms with Gasteiger partial charge in [0.25, 0.3) is 0 Å². The Bertz CT molecular complexity index is 1050. The van der Waals surface area contributed by atoms with E-state index >= 15 is 0 Å². The first-order valence-corrected chi connectivity index (χ1v) is 11.3. The van der Waals surface area contributed by atoms with E-state index in [1.54, 1.807) is 7.11 Å². The van der Waals surface area contributed by atoms with Crippen LogP contribution in [0.5, 0.6) is 11.6 Å². The zero-order valence-corrected chi connectivity index (χ0v) is 18.9. The highest BCUT2D eigenvalue weighted by Gasteiger charge is 2.27. The lowest BCUT2D eigenvalue weighted by Gasteiger charge is -2.20. The van der Waals surface area contributed by atoms with Crippen LogP contribution < -0.4 is 9.47 Å². The summed E-state index contributed by atoms with van der Waals surface area (Å²) in [5.41, 5.74) is 7.72. The molecule has 0 unspecified atom stereocenters. The van der Waals surface area contributed by atoms with Crippen LogP contribution in [0.25, 0.3) is 16.8 Å². The Balaban J connectivity index is 1.88. The molecule has 5 nitrogen and oxygen atoms in total. The van der Waals surface area contributed by atoms with Crippen LogP contribution in [0, 0.1) is 13.8 Å². The molecule has 1 aromatic carbocycles. The van der Waals surface area contributed by atoms with Gasteiger partial charge in [0.1, 0.15) is 11.9 Å². The molecule has 5 heteroatoms. The number of benzene rings is 1. The van der Waals surface area contributed by atoms with Crippen LogP contribution in [-0.4, -0.2) is 27.8 Å². The second-order valence-electron chi connectivity index (χ2n) is 8.39. The highest BCUT2D eigenvalue weighted by Crippen LogP contribution is 2.37. The summed E-state index contributed by atoms with van der Waals surface area (Å²) in [6, 6.07) is 6.20. The van der Waals surface area contributed by atoms with Gasteiger partial charge in [-0.05, 0) is 69.2 Å². The fraction of sp³-hybridized carbons (Fsp3) is 0.520. The maximum atomic E-state index is 6.66. The molecule has 0 saturated heterocycles. The van der Waals surface area contributed by atoms with Gasteiger partial charge in [0.15, 0.2) is 5.65 Å². The molecule has 0 fully saturated rings. The number of nitrogens with zero attached hydrogens (tertiary/aromatic N) is 3. The van der Waals surface area contributed by atoms with Gasteiger partial charge >= 0.3 is 0 Å². The van der Waals surface area contributed by atoms with Crippen molar-refractivity contribution in [2.45, 2.75) is 78.7 Å². The van der Waals surface area contributed by atoms with Crippen molar-refractivity contribution in [2.75, 3.05) is 7.11 Å². The molecule has 30 heavy (non-hydrogen) atoms. The minimum atomic E-state index is 0.228. The maximum Gasteiger partial charge on any atom is 0.221 e. The molecule has 2 heterocycles. The minimum absolute atomic E-state index is 0.228. The first kappa shape index (κ1) is 20.7.